The molecule has 1 fully saturated rings. The first-order valence-electron chi connectivity index (χ1n) is 15.0. The van der Waals surface area contributed by atoms with Crippen LogP contribution in [0.3, 0.4) is 0 Å². The van der Waals surface area contributed by atoms with Crippen molar-refractivity contribution in [1.29, 1.82) is 0 Å². The molecule has 15 nitrogen and oxygen atoms in total. The van der Waals surface area contributed by atoms with Gasteiger partial charge in [-0.15, -0.1) is 0 Å². The number of anilines is 2. The van der Waals surface area contributed by atoms with Gasteiger partial charge >= 0.3 is 0 Å². The van der Waals surface area contributed by atoms with Gasteiger partial charge in [0, 0.05) is 43.9 Å². The van der Waals surface area contributed by atoms with E-state index in [4.69, 9.17) is 9.47 Å². The number of nitro benzene ring substituents is 1. The predicted octanol–water partition coefficient (Wildman–Crippen LogP) is 3.08. The highest BCUT2D eigenvalue weighted by atomic mass is 32.2. The molecule has 1 atom stereocenters. The molecule has 0 radical (unpaired) electrons. The zero-order valence-electron chi connectivity index (χ0n) is 25.7. The van der Waals surface area contributed by atoms with Gasteiger partial charge in [0.25, 0.3) is 17.2 Å². The van der Waals surface area contributed by atoms with Crippen LogP contribution in [0.1, 0.15) is 25.7 Å². The van der Waals surface area contributed by atoms with Gasteiger partial charge in [-0.3, -0.25) is 24.7 Å². The van der Waals surface area contributed by atoms with E-state index >= 15 is 0 Å². The molecule has 1 aliphatic carbocycles. The van der Waals surface area contributed by atoms with Crippen molar-refractivity contribution >= 4 is 44.3 Å². The van der Waals surface area contributed by atoms with Gasteiger partial charge in [0.1, 0.15) is 11.6 Å². The van der Waals surface area contributed by atoms with Gasteiger partial charge in [-0.25, -0.2) is 18.1 Å². The van der Waals surface area contributed by atoms with Gasteiger partial charge in [0.15, 0.2) is 23.1 Å². The summed E-state index contributed by atoms with van der Waals surface area (Å²) in [7, 11) is -0.988. The summed E-state index contributed by atoms with van der Waals surface area (Å²) in [6.45, 7) is -0.104. The largest absolute Gasteiger partial charge is 0.495 e. The first-order valence-corrected chi connectivity index (χ1v) is 16.5. The number of carbonyl (C=O) groups excluding carboxylic acids is 1. The fraction of sp³-hybridized carbons (Fsp3) is 0.355. The molecule has 246 valence electrons. The number of nitro groups is 1. The van der Waals surface area contributed by atoms with Crippen LogP contribution < -0.4 is 30.0 Å². The summed E-state index contributed by atoms with van der Waals surface area (Å²) in [5.41, 5.74) is 0.0924. The van der Waals surface area contributed by atoms with E-state index in [0.29, 0.717) is 59.9 Å². The Morgan fingerprint density at radius 2 is 1.91 bits per heavy atom. The van der Waals surface area contributed by atoms with Crippen LogP contribution in [0.15, 0.2) is 70.5 Å². The maximum atomic E-state index is 13.8. The third-order valence-corrected chi connectivity index (χ3v) is 10.3. The lowest BCUT2D eigenvalue weighted by molar-refractivity contribution is -0.387. The monoisotopic (exact) mass is 663 g/mol. The molecule has 2 aliphatic rings. The lowest BCUT2D eigenvalue weighted by atomic mass is 9.81. The van der Waals surface area contributed by atoms with Crippen molar-refractivity contribution in [1.82, 2.24) is 19.3 Å². The minimum absolute atomic E-state index is 0.0396. The molecule has 3 aromatic heterocycles. The smallest absolute Gasteiger partial charge is 0.289 e. The molecule has 2 N–H and O–H groups in total. The molecule has 4 aromatic rings. The van der Waals surface area contributed by atoms with Crippen LogP contribution in [0.2, 0.25) is 0 Å². The van der Waals surface area contributed by atoms with Crippen molar-refractivity contribution in [3.63, 3.8) is 0 Å². The zero-order valence-corrected chi connectivity index (χ0v) is 26.5. The van der Waals surface area contributed by atoms with E-state index in [1.165, 1.54) is 42.1 Å². The van der Waals surface area contributed by atoms with Gasteiger partial charge in [-0.1, -0.05) is 12.1 Å². The number of carbonyl (C=O) groups is 1. The minimum atomic E-state index is -4.38. The number of nitrogens with one attached hydrogen (secondary N) is 2. The van der Waals surface area contributed by atoms with Gasteiger partial charge in [0.05, 0.1) is 29.3 Å². The van der Waals surface area contributed by atoms with Crippen LogP contribution in [0.4, 0.5) is 17.3 Å². The van der Waals surface area contributed by atoms with Crippen LogP contribution in [0, 0.1) is 16.0 Å². The molecular formula is C31H33N7O8S. The molecule has 0 bridgehead atoms. The van der Waals surface area contributed by atoms with E-state index in [1.54, 1.807) is 18.2 Å². The molecule has 1 unspecified atom stereocenters. The van der Waals surface area contributed by atoms with Crippen molar-refractivity contribution in [2.45, 2.75) is 49.2 Å². The van der Waals surface area contributed by atoms with Crippen LogP contribution >= 0.6 is 0 Å². The third kappa shape index (κ3) is 6.59. The van der Waals surface area contributed by atoms with Gasteiger partial charge in [-0.05, 0) is 55.9 Å². The number of ether oxygens (including phenoxy) is 2. The number of pyridine rings is 3. The van der Waals surface area contributed by atoms with Crippen molar-refractivity contribution in [2.24, 2.45) is 5.92 Å². The molecular weight excluding hydrogens is 630 g/mol. The average Bonchev–Trinajstić information content (AvgIpc) is 3.08. The Labute approximate surface area is 269 Å². The molecule has 0 saturated heterocycles. The normalized spacial score (nSPS) is 18.5. The van der Waals surface area contributed by atoms with Gasteiger partial charge < -0.3 is 24.3 Å². The van der Waals surface area contributed by atoms with E-state index < -0.39 is 31.6 Å². The Morgan fingerprint density at radius 3 is 2.66 bits per heavy atom. The number of sulfonamides is 1. The number of methoxy groups -OCH3 is 1. The van der Waals surface area contributed by atoms with Crippen LogP contribution in [0.25, 0.3) is 11.0 Å². The fourth-order valence-electron chi connectivity index (χ4n) is 6.25. The molecule has 1 aromatic carbocycles. The number of hydrogen-bond acceptors (Lipinski definition) is 11. The third-order valence-electron chi connectivity index (χ3n) is 8.77. The molecule has 16 heteroatoms. The number of hydrogen-bond donors (Lipinski definition) is 2. The molecule has 6 rings (SSSR count). The second-order valence-corrected chi connectivity index (χ2v) is 13.2. The zero-order chi connectivity index (χ0) is 33.3. The Bertz CT molecular complexity index is 2010. The van der Waals surface area contributed by atoms with E-state index in [9.17, 15) is 28.1 Å². The fourth-order valence-corrected chi connectivity index (χ4v) is 7.72. The predicted molar refractivity (Wildman–Crippen MR) is 172 cm³/mol. The topological polar surface area (TPSA) is 188 Å². The first-order chi connectivity index (χ1) is 22.5. The van der Waals surface area contributed by atoms with Gasteiger partial charge in [-0.2, -0.15) is 0 Å². The molecule has 0 spiro atoms. The van der Waals surface area contributed by atoms with E-state index in [-0.39, 0.29) is 36.6 Å². The Kier molecular flexibility index (Phi) is 8.79. The van der Waals surface area contributed by atoms with Crippen LogP contribution in [-0.4, -0.2) is 66.6 Å². The van der Waals surface area contributed by atoms with Gasteiger partial charge in [0.2, 0.25) is 10.0 Å². The molecule has 1 amide bonds. The van der Waals surface area contributed by atoms with Crippen molar-refractivity contribution in [3.8, 4) is 11.5 Å². The summed E-state index contributed by atoms with van der Waals surface area (Å²) in [6.07, 6.45) is 4.05. The summed E-state index contributed by atoms with van der Waals surface area (Å²) in [5, 5.41) is 14.4. The second-order valence-electron chi connectivity index (χ2n) is 11.5. The summed E-state index contributed by atoms with van der Waals surface area (Å²) < 4.78 is 42.5. The minimum Gasteiger partial charge on any atom is -0.495 e. The maximum absolute atomic E-state index is 13.8. The average molecular weight is 664 g/mol. The first kappa shape index (κ1) is 31.9. The SMILES string of the molecule is COc1cnc2ccc(=O)n(CC(NS(=O)(=O)c3ccccc3[N+](=O)[O-])C3CCC(N(C)c4ccc5c(n4)NC(=O)CO5)CC3)c2c1. The lowest BCUT2D eigenvalue weighted by Gasteiger charge is -2.38. The van der Waals surface area contributed by atoms with E-state index in [1.807, 2.05) is 18.0 Å². The molecule has 4 heterocycles. The number of nitrogens with zero attached hydrogens (tertiary/aromatic N) is 5. The quantitative estimate of drug-likeness (QED) is 0.187. The number of benzene rings is 1. The molecule has 1 aliphatic heterocycles. The van der Waals surface area contributed by atoms with Crippen molar-refractivity contribution in [2.75, 3.05) is 31.0 Å². The Morgan fingerprint density at radius 1 is 1.15 bits per heavy atom. The van der Waals surface area contributed by atoms with Crippen molar-refractivity contribution in [3.05, 3.63) is 81.3 Å². The highest BCUT2D eigenvalue weighted by Gasteiger charge is 2.35. The lowest BCUT2D eigenvalue weighted by Crippen LogP contribution is -2.47. The highest BCUT2D eigenvalue weighted by Crippen LogP contribution is 2.35. The van der Waals surface area contributed by atoms with Crippen molar-refractivity contribution < 1.29 is 27.6 Å². The summed E-state index contributed by atoms with van der Waals surface area (Å²) >= 11 is 0. The second kappa shape index (κ2) is 13.0. The molecule has 47 heavy (non-hydrogen) atoms. The number of fused-ring (bicyclic) bond motifs is 2. The van der Waals surface area contributed by atoms with Crippen LogP contribution in [-0.2, 0) is 21.4 Å². The number of rotatable bonds is 10. The number of amides is 1. The summed E-state index contributed by atoms with van der Waals surface area (Å²) in [5.74, 6) is 1.43. The highest BCUT2D eigenvalue weighted by molar-refractivity contribution is 7.89. The maximum Gasteiger partial charge on any atom is 0.289 e. The Hall–Kier alpha value is -5.09. The summed E-state index contributed by atoms with van der Waals surface area (Å²) in [4.78, 5) is 46.5. The Balaban J connectivity index is 1.29. The standard InChI is InChI=1S/C31H33N7O8S/c1-36(28-13-12-26-31(33-28)34-29(39)18-46-26)20-9-7-19(8-10-20)23(35-47(43,44)27-6-4-3-5-24(27)38(41)42)17-37-25-15-21(45-2)16-32-22(25)11-14-30(37)40/h3-6,11-16,19-20,23,35H,7-10,17-18H2,1-2H3,(H,33,34,39). The molecule has 1 saturated carbocycles. The number of para-hydroxylation sites is 1. The number of aromatic nitrogens is 3. The van der Waals surface area contributed by atoms with E-state index in [0.717, 1.165) is 6.07 Å². The summed E-state index contributed by atoms with van der Waals surface area (Å²) in [6, 6.07) is 12.6. The van der Waals surface area contributed by atoms with E-state index in [2.05, 4.69) is 20.0 Å². The van der Waals surface area contributed by atoms with Crippen LogP contribution in [0.5, 0.6) is 11.5 Å².